The third-order valence-electron chi connectivity index (χ3n) is 2.83. The van der Waals surface area contributed by atoms with Crippen LogP contribution in [0.3, 0.4) is 0 Å². The number of methoxy groups -OCH3 is 1. The van der Waals surface area contributed by atoms with Gasteiger partial charge >= 0.3 is 0 Å². The lowest BCUT2D eigenvalue weighted by atomic mass is 10.00. The molecule has 1 aromatic heterocycles. The number of carbonyl (C=O) groups is 1. The standard InChI is InChI=1S/C14H13FN2O2/c1-8-5-6-17-14(16)12(8)13(18)9-3-4-10(15)11(7-9)19-2/h3-7H,1-2H3,(H2,16,17). The van der Waals surface area contributed by atoms with Gasteiger partial charge in [0.25, 0.3) is 0 Å². The average Bonchev–Trinajstić information content (AvgIpc) is 2.39. The minimum Gasteiger partial charge on any atom is -0.494 e. The van der Waals surface area contributed by atoms with E-state index >= 15 is 0 Å². The van der Waals surface area contributed by atoms with Crippen molar-refractivity contribution in [1.82, 2.24) is 4.98 Å². The normalized spacial score (nSPS) is 10.3. The second-order valence-electron chi connectivity index (χ2n) is 4.07. The predicted molar refractivity (Wildman–Crippen MR) is 69.8 cm³/mol. The third-order valence-corrected chi connectivity index (χ3v) is 2.83. The van der Waals surface area contributed by atoms with Gasteiger partial charge in [0.05, 0.1) is 12.7 Å². The Labute approximate surface area is 110 Å². The molecule has 1 aromatic carbocycles. The van der Waals surface area contributed by atoms with Crippen LogP contribution in [0.1, 0.15) is 21.5 Å². The Bertz CT molecular complexity index is 621. The number of anilines is 1. The van der Waals surface area contributed by atoms with Crippen molar-refractivity contribution in [2.75, 3.05) is 12.8 Å². The van der Waals surface area contributed by atoms with E-state index in [1.165, 1.54) is 31.5 Å². The molecule has 0 bridgehead atoms. The predicted octanol–water partition coefficient (Wildman–Crippen LogP) is 2.35. The van der Waals surface area contributed by atoms with Crippen molar-refractivity contribution in [3.8, 4) is 5.75 Å². The van der Waals surface area contributed by atoms with Crippen molar-refractivity contribution >= 4 is 11.6 Å². The molecule has 0 spiro atoms. The van der Waals surface area contributed by atoms with E-state index in [9.17, 15) is 9.18 Å². The number of ether oxygens (including phenoxy) is 1. The Morgan fingerprint density at radius 3 is 2.74 bits per heavy atom. The molecule has 1 heterocycles. The quantitative estimate of drug-likeness (QED) is 0.860. The van der Waals surface area contributed by atoms with E-state index in [2.05, 4.69) is 4.98 Å². The largest absolute Gasteiger partial charge is 0.494 e. The number of aromatic nitrogens is 1. The summed E-state index contributed by atoms with van der Waals surface area (Å²) in [5.74, 6) is -0.643. The Morgan fingerprint density at radius 2 is 2.11 bits per heavy atom. The van der Waals surface area contributed by atoms with E-state index in [0.29, 0.717) is 11.1 Å². The topological polar surface area (TPSA) is 65.2 Å². The summed E-state index contributed by atoms with van der Waals surface area (Å²) in [5.41, 5.74) is 7.08. The Hall–Kier alpha value is -2.43. The number of nitrogen functional groups attached to an aromatic ring is 1. The molecule has 0 aliphatic carbocycles. The summed E-state index contributed by atoms with van der Waals surface area (Å²) in [6, 6.07) is 5.63. The smallest absolute Gasteiger partial charge is 0.197 e. The van der Waals surface area contributed by atoms with Crippen molar-refractivity contribution in [2.24, 2.45) is 0 Å². The fourth-order valence-electron chi connectivity index (χ4n) is 1.82. The monoisotopic (exact) mass is 260 g/mol. The number of hydrogen-bond acceptors (Lipinski definition) is 4. The Morgan fingerprint density at radius 1 is 1.37 bits per heavy atom. The van der Waals surface area contributed by atoms with Gasteiger partial charge < -0.3 is 10.5 Å². The SMILES string of the molecule is COc1cc(C(=O)c2c(C)ccnc2N)ccc1F. The highest BCUT2D eigenvalue weighted by Gasteiger charge is 2.17. The summed E-state index contributed by atoms with van der Waals surface area (Å²) in [6.07, 6.45) is 1.53. The lowest BCUT2D eigenvalue weighted by Crippen LogP contribution is -2.09. The molecule has 0 aliphatic rings. The van der Waals surface area contributed by atoms with E-state index in [1.807, 2.05) is 0 Å². The van der Waals surface area contributed by atoms with Crippen LogP contribution in [-0.2, 0) is 0 Å². The molecular formula is C14H13FN2O2. The highest BCUT2D eigenvalue weighted by molar-refractivity contribution is 6.12. The first kappa shape index (κ1) is 13.0. The molecule has 5 heteroatoms. The second-order valence-corrected chi connectivity index (χ2v) is 4.07. The van der Waals surface area contributed by atoms with Crippen molar-refractivity contribution < 1.29 is 13.9 Å². The number of hydrogen-bond donors (Lipinski definition) is 1. The van der Waals surface area contributed by atoms with Crippen LogP contribution in [0.15, 0.2) is 30.5 Å². The van der Waals surface area contributed by atoms with Crippen LogP contribution in [0.2, 0.25) is 0 Å². The number of halogens is 1. The van der Waals surface area contributed by atoms with Gasteiger partial charge in [-0.1, -0.05) is 0 Å². The molecule has 2 N–H and O–H groups in total. The summed E-state index contributed by atoms with van der Waals surface area (Å²) in [7, 11) is 1.34. The maximum Gasteiger partial charge on any atom is 0.197 e. The fourth-order valence-corrected chi connectivity index (χ4v) is 1.82. The average molecular weight is 260 g/mol. The zero-order chi connectivity index (χ0) is 14.0. The molecule has 0 unspecified atom stereocenters. The molecule has 4 nitrogen and oxygen atoms in total. The highest BCUT2D eigenvalue weighted by atomic mass is 19.1. The van der Waals surface area contributed by atoms with Crippen LogP contribution in [0.4, 0.5) is 10.2 Å². The first-order valence-corrected chi connectivity index (χ1v) is 5.64. The molecule has 0 radical (unpaired) electrons. The van der Waals surface area contributed by atoms with Crippen LogP contribution in [0.25, 0.3) is 0 Å². The number of benzene rings is 1. The van der Waals surface area contributed by atoms with E-state index in [-0.39, 0.29) is 17.4 Å². The summed E-state index contributed by atoms with van der Waals surface area (Å²) in [4.78, 5) is 16.3. The van der Waals surface area contributed by atoms with Crippen molar-refractivity contribution in [3.63, 3.8) is 0 Å². The number of nitrogens with two attached hydrogens (primary N) is 1. The molecule has 0 atom stereocenters. The highest BCUT2D eigenvalue weighted by Crippen LogP contribution is 2.23. The van der Waals surface area contributed by atoms with Gasteiger partial charge in [0.2, 0.25) is 0 Å². The van der Waals surface area contributed by atoms with Crippen LogP contribution in [0, 0.1) is 12.7 Å². The number of ketones is 1. The number of nitrogens with zero attached hydrogens (tertiary/aromatic N) is 1. The van der Waals surface area contributed by atoms with Gasteiger partial charge in [-0.25, -0.2) is 9.37 Å². The van der Waals surface area contributed by atoms with Gasteiger partial charge in [-0.15, -0.1) is 0 Å². The van der Waals surface area contributed by atoms with Gasteiger partial charge in [-0.3, -0.25) is 4.79 Å². The van der Waals surface area contributed by atoms with E-state index in [1.54, 1.807) is 13.0 Å². The zero-order valence-corrected chi connectivity index (χ0v) is 10.6. The first-order chi connectivity index (χ1) is 9.04. The van der Waals surface area contributed by atoms with Crippen LogP contribution in [-0.4, -0.2) is 17.9 Å². The maximum atomic E-state index is 13.3. The molecular weight excluding hydrogens is 247 g/mol. The van der Waals surface area contributed by atoms with Gasteiger partial charge in [0.15, 0.2) is 17.3 Å². The van der Waals surface area contributed by atoms with Crippen molar-refractivity contribution in [1.29, 1.82) is 0 Å². The van der Waals surface area contributed by atoms with Gasteiger partial charge in [-0.05, 0) is 36.8 Å². The first-order valence-electron chi connectivity index (χ1n) is 5.64. The molecule has 2 rings (SSSR count). The van der Waals surface area contributed by atoms with Gasteiger partial charge in [-0.2, -0.15) is 0 Å². The third kappa shape index (κ3) is 2.40. The molecule has 98 valence electrons. The molecule has 0 aliphatic heterocycles. The van der Waals surface area contributed by atoms with E-state index in [0.717, 1.165) is 5.56 Å². The Kier molecular flexibility index (Phi) is 3.46. The summed E-state index contributed by atoms with van der Waals surface area (Å²) in [5, 5.41) is 0. The number of carbonyl (C=O) groups excluding carboxylic acids is 1. The number of rotatable bonds is 3. The molecule has 0 fully saturated rings. The summed E-state index contributed by atoms with van der Waals surface area (Å²) >= 11 is 0. The molecule has 2 aromatic rings. The minimum absolute atomic E-state index is 0.0194. The van der Waals surface area contributed by atoms with Gasteiger partial charge in [0, 0.05) is 11.8 Å². The Balaban J connectivity index is 2.50. The zero-order valence-electron chi connectivity index (χ0n) is 10.6. The fraction of sp³-hybridized carbons (Fsp3) is 0.143. The van der Waals surface area contributed by atoms with Crippen molar-refractivity contribution in [3.05, 3.63) is 53.0 Å². The summed E-state index contributed by atoms with van der Waals surface area (Å²) < 4.78 is 18.2. The van der Waals surface area contributed by atoms with Crippen LogP contribution < -0.4 is 10.5 Å². The molecule has 19 heavy (non-hydrogen) atoms. The minimum atomic E-state index is -0.519. The number of pyridine rings is 1. The second kappa shape index (κ2) is 5.06. The summed E-state index contributed by atoms with van der Waals surface area (Å²) in [6.45, 7) is 1.77. The lowest BCUT2D eigenvalue weighted by Gasteiger charge is -2.09. The molecule has 0 saturated carbocycles. The maximum absolute atomic E-state index is 13.3. The van der Waals surface area contributed by atoms with E-state index in [4.69, 9.17) is 10.5 Å². The van der Waals surface area contributed by atoms with Crippen molar-refractivity contribution in [2.45, 2.75) is 6.92 Å². The van der Waals surface area contributed by atoms with Crippen LogP contribution in [0.5, 0.6) is 5.75 Å². The molecule has 0 amide bonds. The van der Waals surface area contributed by atoms with Gasteiger partial charge in [0.1, 0.15) is 5.82 Å². The number of aryl methyl sites for hydroxylation is 1. The van der Waals surface area contributed by atoms with Crippen LogP contribution >= 0.6 is 0 Å². The van der Waals surface area contributed by atoms with E-state index < -0.39 is 5.82 Å². The lowest BCUT2D eigenvalue weighted by molar-refractivity contribution is 0.103. The molecule has 0 saturated heterocycles.